The van der Waals surface area contributed by atoms with Gasteiger partial charge in [0.2, 0.25) is 16.5 Å². The van der Waals surface area contributed by atoms with E-state index in [0.29, 0.717) is 30.3 Å². The molecule has 0 saturated carbocycles. The third kappa shape index (κ3) is 9.54. The first kappa shape index (κ1) is 43.0. The standard InChI is InChI=1S/C25H17Cl2N9O16S5/c26-23-30-24(27)32-25(31-23)29-10-1-3-14(54(41,42)43)12(7-10)33-35-20-16(56(47,48)49)5-9-6-17(57(50,51)52)21(22(37)18(9)19(20)28)36-34-13-8-11(53(38,39)40)2-4-15(13)55(44,45)46/h1-8,37H,28H2,(H,38,39,40)(H,41,42,43)(H,44,45,46)(H,47,48,49)(H,50,51,52)(H,29,30,31,32). The number of halogens is 2. The largest absolute Gasteiger partial charge is 0.505 e. The molecular formula is C25H17Cl2N9O16S5. The summed E-state index contributed by atoms with van der Waals surface area (Å²) < 4.78 is 170. The zero-order chi connectivity index (χ0) is 42.6. The fraction of sp³-hybridized carbons (Fsp3) is 0. The van der Waals surface area contributed by atoms with Gasteiger partial charge in [-0.05, 0) is 77.1 Å². The van der Waals surface area contributed by atoms with Gasteiger partial charge in [0.25, 0.3) is 50.6 Å². The minimum absolute atomic E-state index is 0.0826. The topological polar surface area (TPSA) is 418 Å². The quantitative estimate of drug-likeness (QED) is 0.0516. The van der Waals surface area contributed by atoms with Gasteiger partial charge in [-0.2, -0.15) is 57.0 Å². The monoisotopic (exact) mass is 929 g/mol. The van der Waals surface area contributed by atoms with Crippen LogP contribution in [0.15, 0.2) is 93.5 Å². The lowest BCUT2D eigenvalue weighted by molar-refractivity contribution is 0.472. The van der Waals surface area contributed by atoms with Gasteiger partial charge in [-0.15, -0.1) is 20.5 Å². The van der Waals surface area contributed by atoms with Gasteiger partial charge in [0, 0.05) is 5.69 Å². The molecule has 0 bridgehead atoms. The molecule has 5 rings (SSSR count). The number of phenolic OH excluding ortho intramolecular Hbond substituents is 1. The van der Waals surface area contributed by atoms with Gasteiger partial charge >= 0.3 is 0 Å². The van der Waals surface area contributed by atoms with Crippen LogP contribution < -0.4 is 11.1 Å². The van der Waals surface area contributed by atoms with Gasteiger partial charge < -0.3 is 16.2 Å². The van der Waals surface area contributed by atoms with Gasteiger partial charge in [0.15, 0.2) is 5.75 Å². The van der Waals surface area contributed by atoms with E-state index in [1.807, 2.05) is 0 Å². The number of aromatic hydroxyl groups is 1. The summed E-state index contributed by atoms with van der Waals surface area (Å²) in [6.07, 6.45) is 0. The number of rotatable bonds is 11. The molecule has 32 heteroatoms. The van der Waals surface area contributed by atoms with E-state index in [9.17, 15) is 70.0 Å². The molecule has 0 saturated heterocycles. The second kappa shape index (κ2) is 15.0. The van der Waals surface area contributed by atoms with Crippen LogP contribution in [0, 0.1) is 0 Å². The zero-order valence-corrected chi connectivity index (χ0v) is 32.5. The number of nitrogens with zero attached hydrogens (tertiary/aromatic N) is 7. The molecule has 1 heterocycles. The number of nitrogens with two attached hydrogens (primary N) is 1. The minimum Gasteiger partial charge on any atom is -0.505 e. The Morgan fingerprint density at radius 1 is 0.561 bits per heavy atom. The van der Waals surface area contributed by atoms with Crippen molar-refractivity contribution in [3.63, 3.8) is 0 Å². The molecule has 0 atom stereocenters. The summed E-state index contributed by atoms with van der Waals surface area (Å²) in [5.74, 6) is -1.67. The van der Waals surface area contributed by atoms with Crippen molar-refractivity contribution in [1.82, 2.24) is 15.0 Å². The highest BCUT2D eigenvalue weighted by atomic mass is 35.5. The van der Waals surface area contributed by atoms with E-state index >= 15 is 0 Å². The maximum atomic E-state index is 12.5. The van der Waals surface area contributed by atoms with Crippen LogP contribution >= 0.6 is 23.2 Å². The fourth-order valence-corrected chi connectivity index (χ4v) is 8.07. The van der Waals surface area contributed by atoms with Crippen molar-refractivity contribution in [3.05, 3.63) is 59.1 Å². The van der Waals surface area contributed by atoms with E-state index in [0.717, 1.165) is 18.2 Å². The zero-order valence-electron chi connectivity index (χ0n) is 26.9. The van der Waals surface area contributed by atoms with Crippen molar-refractivity contribution in [3.8, 4) is 5.75 Å². The molecule has 4 aromatic carbocycles. The molecule has 0 unspecified atom stereocenters. The van der Waals surface area contributed by atoms with Crippen molar-refractivity contribution in [2.45, 2.75) is 24.5 Å². The average Bonchev–Trinajstić information content (AvgIpc) is 3.04. The molecule has 0 spiro atoms. The third-order valence-electron chi connectivity index (χ3n) is 6.97. The lowest BCUT2D eigenvalue weighted by Gasteiger charge is -2.14. The van der Waals surface area contributed by atoms with Gasteiger partial charge in [0.1, 0.15) is 42.3 Å². The molecule has 0 aliphatic heterocycles. The minimum atomic E-state index is -5.52. The van der Waals surface area contributed by atoms with E-state index < -0.39 is 120 Å². The highest BCUT2D eigenvalue weighted by Crippen LogP contribution is 2.48. The van der Waals surface area contributed by atoms with E-state index in [1.54, 1.807) is 0 Å². The second-order valence-electron chi connectivity index (χ2n) is 10.7. The number of phenols is 1. The van der Waals surface area contributed by atoms with Crippen LogP contribution in [0.1, 0.15) is 0 Å². The van der Waals surface area contributed by atoms with Crippen LogP contribution in [0.3, 0.4) is 0 Å². The first-order chi connectivity index (χ1) is 26.1. The molecule has 0 radical (unpaired) electrons. The number of benzene rings is 4. The van der Waals surface area contributed by atoms with Crippen molar-refractivity contribution >= 4 is 125 Å². The number of hydrogen-bond donors (Lipinski definition) is 8. The Balaban J connectivity index is 1.78. The maximum absolute atomic E-state index is 12.5. The average molecular weight is 931 g/mol. The van der Waals surface area contributed by atoms with Crippen LogP contribution in [0.2, 0.25) is 10.6 Å². The lowest BCUT2D eigenvalue weighted by Crippen LogP contribution is -2.04. The number of azo groups is 2. The first-order valence-electron chi connectivity index (χ1n) is 14.0. The van der Waals surface area contributed by atoms with Gasteiger partial charge in [-0.1, -0.05) is 0 Å². The molecule has 57 heavy (non-hydrogen) atoms. The molecule has 25 nitrogen and oxygen atoms in total. The van der Waals surface area contributed by atoms with Crippen LogP contribution in [-0.2, 0) is 50.6 Å². The highest BCUT2D eigenvalue weighted by Gasteiger charge is 2.29. The Bertz CT molecular complexity index is 3170. The third-order valence-corrected chi connectivity index (χ3v) is 11.7. The summed E-state index contributed by atoms with van der Waals surface area (Å²) in [6.45, 7) is 0. The van der Waals surface area contributed by atoms with E-state index in [-0.39, 0.29) is 22.2 Å². The number of anilines is 3. The Morgan fingerprint density at radius 3 is 1.51 bits per heavy atom. The molecule has 0 aliphatic rings. The summed E-state index contributed by atoms with van der Waals surface area (Å²) in [6, 6.07) is 5.02. The van der Waals surface area contributed by atoms with Crippen molar-refractivity contribution in [2.24, 2.45) is 20.5 Å². The van der Waals surface area contributed by atoms with Crippen molar-refractivity contribution in [1.29, 1.82) is 0 Å². The van der Waals surface area contributed by atoms with E-state index in [2.05, 4.69) is 40.7 Å². The van der Waals surface area contributed by atoms with Crippen LogP contribution in [0.5, 0.6) is 5.75 Å². The smallest absolute Gasteiger partial charge is 0.296 e. The molecule has 302 valence electrons. The van der Waals surface area contributed by atoms with Crippen LogP contribution in [0.4, 0.5) is 40.1 Å². The molecule has 9 N–H and O–H groups in total. The molecule has 1 aromatic heterocycles. The summed E-state index contributed by atoms with van der Waals surface area (Å²) in [5.41, 5.74) is 0.882. The molecule has 5 aromatic rings. The van der Waals surface area contributed by atoms with Crippen molar-refractivity contribution < 1.29 is 70.0 Å². The van der Waals surface area contributed by atoms with E-state index in [1.165, 1.54) is 0 Å². The predicted molar refractivity (Wildman–Crippen MR) is 193 cm³/mol. The number of aromatic nitrogens is 3. The molecular weight excluding hydrogens is 914 g/mol. The van der Waals surface area contributed by atoms with Crippen LogP contribution in [-0.4, -0.2) is 84.9 Å². The molecule has 0 fully saturated rings. The normalized spacial score (nSPS) is 13.2. The summed E-state index contributed by atoms with van der Waals surface area (Å²) in [4.78, 5) is 5.30. The number of hydrogen-bond acceptors (Lipinski definition) is 20. The second-order valence-corrected chi connectivity index (χ2v) is 18.4. The van der Waals surface area contributed by atoms with Gasteiger partial charge in [-0.3, -0.25) is 22.8 Å². The Hall–Kier alpha value is -5.12. The van der Waals surface area contributed by atoms with Gasteiger partial charge in [0.05, 0.1) is 16.0 Å². The fourth-order valence-electron chi connectivity index (χ4n) is 4.67. The number of nitrogen functional groups attached to an aromatic ring is 1. The number of nitrogens with one attached hydrogen (secondary N) is 1. The number of fused-ring (bicyclic) bond motifs is 1. The summed E-state index contributed by atoms with van der Waals surface area (Å²) in [5, 5.41) is 25.7. The Kier molecular flexibility index (Phi) is 11.3. The highest BCUT2D eigenvalue weighted by molar-refractivity contribution is 7.87. The Labute approximate surface area is 328 Å². The van der Waals surface area contributed by atoms with E-state index in [4.69, 9.17) is 28.9 Å². The lowest BCUT2D eigenvalue weighted by atomic mass is 10.1. The molecule has 0 amide bonds. The predicted octanol–water partition coefficient (Wildman–Crippen LogP) is 4.43. The Morgan fingerprint density at radius 2 is 1.02 bits per heavy atom. The maximum Gasteiger partial charge on any atom is 0.296 e. The summed E-state index contributed by atoms with van der Waals surface area (Å²) in [7, 11) is -26.4. The van der Waals surface area contributed by atoms with Crippen molar-refractivity contribution in [2.75, 3.05) is 11.1 Å². The first-order valence-corrected chi connectivity index (χ1v) is 22.0. The van der Waals surface area contributed by atoms with Crippen LogP contribution in [0.25, 0.3) is 10.8 Å². The SMILES string of the molecule is Nc1c(N=Nc2cc(Nc3nc(Cl)nc(Cl)n3)ccc2S(=O)(=O)O)c(S(=O)(=O)O)cc2cc(S(=O)(=O)O)c(N=Nc3cc(S(=O)(=O)O)ccc3S(=O)(=O)O)c(O)c12. The molecule has 0 aliphatic carbocycles. The van der Waals surface area contributed by atoms with Gasteiger partial charge in [-0.25, -0.2) is 0 Å². The summed E-state index contributed by atoms with van der Waals surface area (Å²) >= 11 is 11.5.